The molecule has 1 unspecified atom stereocenters. The molecule has 7 rings (SSSR count). The molecule has 0 aliphatic carbocycles. The number of benzene rings is 5. The van der Waals surface area contributed by atoms with Gasteiger partial charge < -0.3 is 16.0 Å². The molecule has 1 aliphatic rings. The molecule has 2 heterocycles. The molecule has 0 fully saturated rings. The van der Waals surface area contributed by atoms with Crippen LogP contribution >= 0.6 is 23.1 Å². The summed E-state index contributed by atoms with van der Waals surface area (Å²) in [5.41, 5.74) is 6.70. The number of carbonyl (C=O) groups is 3. The van der Waals surface area contributed by atoms with E-state index < -0.39 is 17.1 Å². The average molecular weight is 788 g/mol. The third kappa shape index (κ3) is 9.95. The molecule has 3 N–H and O–H groups in total. The standard InChI is InChI=1S/C47H41N5O3S2/c1-2-42(46(55)51-47-40(29-48)39-25-26-52(31-43(39)57-47)30-33-13-6-3-7-14-33)56-38-20-12-19-37(28-38)49-45(54)41(50-44(53)36-17-10-5-11-18-36)27-32-21-23-35(24-22-32)34-15-8-4-9-16-34/h3-24,27-28,42H,2,25-26,30-31H2,1H3,(H,49,54)(H,50,53)(H,51,55)/b41-27+. The van der Waals surface area contributed by atoms with Crippen LogP contribution in [0.15, 0.2) is 150 Å². The van der Waals surface area contributed by atoms with E-state index in [0.29, 0.717) is 28.2 Å². The van der Waals surface area contributed by atoms with E-state index in [1.165, 1.54) is 28.7 Å². The molecule has 0 radical (unpaired) electrons. The summed E-state index contributed by atoms with van der Waals surface area (Å²) in [5.74, 6) is -1.08. The van der Waals surface area contributed by atoms with Gasteiger partial charge in [-0.1, -0.05) is 116 Å². The molecule has 8 nitrogen and oxygen atoms in total. The van der Waals surface area contributed by atoms with Gasteiger partial charge in [-0.2, -0.15) is 5.26 Å². The number of amides is 3. The van der Waals surface area contributed by atoms with E-state index in [4.69, 9.17) is 0 Å². The first-order chi connectivity index (χ1) is 27.9. The minimum Gasteiger partial charge on any atom is -0.321 e. The first kappa shape index (κ1) is 39.0. The van der Waals surface area contributed by atoms with E-state index in [2.05, 4.69) is 39.1 Å². The molecule has 1 aliphatic heterocycles. The second-order valence-electron chi connectivity index (χ2n) is 13.6. The van der Waals surface area contributed by atoms with Gasteiger partial charge in [-0.3, -0.25) is 19.3 Å². The monoisotopic (exact) mass is 787 g/mol. The van der Waals surface area contributed by atoms with Crippen LogP contribution in [0.4, 0.5) is 10.7 Å². The number of thioether (sulfide) groups is 1. The highest BCUT2D eigenvalue weighted by atomic mass is 32.2. The molecule has 0 saturated heterocycles. The molecule has 6 aromatic rings. The number of anilines is 2. The van der Waals surface area contributed by atoms with Crippen LogP contribution in [0.1, 0.15) is 50.8 Å². The van der Waals surface area contributed by atoms with E-state index in [1.54, 1.807) is 36.4 Å². The smallest absolute Gasteiger partial charge is 0.272 e. The van der Waals surface area contributed by atoms with Crippen LogP contribution in [0.25, 0.3) is 17.2 Å². The lowest BCUT2D eigenvalue weighted by atomic mass is 10.0. The summed E-state index contributed by atoms with van der Waals surface area (Å²) in [7, 11) is 0. The maximum Gasteiger partial charge on any atom is 0.272 e. The predicted molar refractivity (Wildman–Crippen MR) is 231 cm³/mol. The first-order valence-electron chi connectivity index (χ1n) is 18.8. The van der Waals surface area contributed by atoms with Crippen molar-refractivity contribution in [3.8, 4) is 17.2 Å². The van der Waals surface area contributed by atoms with E-state index in [9.17, 15) is 19.6 Å². The van der Waals surface area contributed by atoms with Crippen molar-refractivity contribution in [1.29, 1.82) is 5.26 Å². The van der Waals surface area contributed by atoms with Crippen molar-refractivity contribution in [2.24, 2.45) is 0 Å². The van der Waals surface area contributed by atoms with Crippen molar-refractivity contribution < 1.29 is 14.4 Å². The van der Waals surface area contributed by atoms with Gasteiger partial charge >= 0.3 is 0 Å². The van der Waals surface area contributed by atoms with E-state index >= 15 is 0 Å². The number of nitrogens with zero attached hydrogens (tertiary/aromatic N) is 2. The molecule has 284 valence electrons. The molecular weight excluding hydrogens is 747 g/mol. The zero-order valence-electron chi connectivity index (χ0n) is 31.4. The molecule has 1 aromatic heterocycles. The number of nitriles is 1. The lowest BCUT2D eigenvalue weighted by Crippen LogP contribution is -2.30. The Kier molecular flexibility index (Phi) is 12.7. The Balaban J connectivity index is 1.04. The quantitative estimate of drug-likeness (QED) is 0.0794. The van der Waals surface area contributed by atoms with Gasteiger partial charge in [0.1, 0.15) is 16.8 Å². The fraction of sp³-hybridized carbons (Fsp3) is 0.149. The molecule has 0 spiro atoms. The van der Waals surface area contributed by atoms with Gasteiger partial charge in [0, 0.05) is 40.7 Å². The van der Waals surface area contributed by atoms with Crippen LogP contribution in [0.5, 0.6) is 0 Å². The Morgan fingerprint density at radius 2 is 1.53 bits per heavy atom. The average Bonchev–Trinajstić information content (AvgIpc) is 3.59. The lowest BCUT2D eigenvalue weighted by Gasteiger charge is -2.26. The highest BCUT2D eigenvalue weighted by Crippen LogP contribution is 2.38. The SMILES string of the molecule is CCC(Sc1cccc(NC(=O)/C(=C\c2ccc(-c3ccccc3)cc2)NC(=O)c2ccccc2)c1)C(=O)Nc1sc2c(c1C#N)CCN(Cc1ccccc1)C2. The Morgan fingerprint density at radius 1 is 0.842 bits per heavy atom. The van der Waals surface area contributed by atoms with Gasteiger partial charge in [0.2, 0.25) is 5.91 Å². The van der Waals surface area contributed by atoms with Gasteiger partial charge in [-0.15, -0.1) is 23.1 Å². The summed E-state index contributed by atoms with van der Waals surface area (Å²) in [4.78, 5) is 45.1. The third-order valence-corrected chi connectivity index (χ3v) is 12.1. The van der Waals surface area contributed by atoms with Crippen molar-refractivity contribution in [1.82, 2.24) is 10.2 Å². The topological polar surface area (TPSA) is 114 Å². The molecule has 5 aromatic carbocycles. The molecule has 0 bridgehead atoms. The molecular formula is C47H41N5O3S2. The van der Waals surface area contributed by atoms with Gasteiger partial charge in [-0.25, -0.2) is 0 Å². The normalized spacial score (nSPS) is 13.2. The number of rotatable bonds is 13. The third-order valence-electron chi connectivity index (χ3n) is 9.62. The Hall–Kier alpha value is -6.25. The highest BCUT2D eigenvalue weighted by molar-refractivity contribution is 8.00. The van der Waals surface area contributed by atoms with Crippen LogP contribution in [0.3, 0.4) is 0 Å². The van der Waals surface area contributed by atoms with Crippen molar-refractivity contribution in [2.75, 3.05) is 17.2 Å². The maximum absolute atomic E-state index is 13.8. The minimum atomic E-state index is -0.494. The van der Waals surface area contributed by atoms with Crippen molar-refractivity contribution in [3.63, 3.8) is 0 Å². The zero-order valence-corrected chi connectivity index (χ0v) is 33.0. The predicted octanol–water partition coefficient (Wildman–Crippen LogP) is 9.76. The van der Waals surface area contributed by atoms with E-state index in [-0.39, 0.29) is 11.6 Å². The lowest BCUT2D eigenvalue weighted by molar-refractivity contribution is -0.116. The van der Waals surface area contributed by atoms with E-state index in [1.807, 2.05) is 104 Å². The fourth-order valence-electron chi connectivity index (χ4n) is 6.68. The van der Waals surface area contributed by atoms with E-state index in [0.717, 1.165) is 58.1 Å². The molecule has 10 heteroatoms. The van der Waals surface area contributed by atoms with Gasteiger partial charge in [-0.05, 0) is 77.1 Å². The summed E-state index contributed by atoms with van der Waals surface area (Å²) in [6, 6.07) is 46.5. The summed E-state index contributed by atoms with van der Waals surface area (Å²) in [6.07, 6.45) is 2.96. The van der Waals surface area contributed by atoms with Crippen LogP contribution in [0.2, 0.25) is 0 Å². The number of hydrogen-bond acceptors (Lipinski definition) is 7. The van der Waals surface area contributed by atoms with Crippen LogP contribution in [0, 0.1) is 11.3 Å². The van der Waals surface area contributed by atoms with Gasteiger partial charge in [0.25, 0.3) is 11.8 Å². The highest BCUT2D eigenvalue weighted by Gasteiger charge is 2.27. The number of hydrogen-bond donors (Lipinski definition) is 3. The minimum absolute atomic E-state index is 0.0790. The second kappa shape index (κ2) is 18.6. The number of fused-ring (bicyclic) bond motifs is 1. The largest absolute Gasteiger partial charge is 0.321 e. The Bertz CT molecular complexity index is 2430. The summed E-state index contributed by atoms with van der Waals surface area (Å²) < 4.78 is 0. The first-order valence-corrected chi connectivity index (χ1v) is 20.5. The van der Waals surface area contributed by atoms with Crippen LogP contribution < -0.4 is 16.0 Å². The second-order valence-corrected chi connectivity index (χ2v) is 16.0. The van der Waals surface area contributed by atoms with Crippen molar-refractivity contribution in [3.05, 3.63) is 178 Å². The molecule has 0 saturated carbocycles. The Labute approximate surface area is 341 Å². The zero-order chi connectivity index (χ0) is 39.6. The van der Waals surface area contributed by atoms with Crippen molar-refractivity contribution >= 4 is 57.6 Å². The van der Waals surface area contributed by atoms with Gasteiger partial charge in [0.05, 0.1) is 10.8 Å². The number of carbonyl (C=O) groups excluding carboxylic acids is 3. The molecule has 1 atom stereocenters. The number of thiophene rings is 1. The van der Waals surface area contributed by atoms with Crippen molar-refractivity contribution in [2.45, 2.75) is 43.0 Å². The summed E-state index contributed by atoms with van der Waals surface area (Å²) in [6.45, 7) is 4.36. The Morgan fingerprint density at radius 3 is 2.23 bits per heavy atom. The molecule has 3 amide bonds. The fourth-order valence-corrected chi connectivity index (χ4v) is 8.93. The van der Waals surface area contributed by atoms with Crippen LogP contribution in [-0.4, -0.2) is 34.4 Å². The van der Waals surface area contributed by atoms with Crippen LogP contribution in [-0.2, 0) is 29.1 Å². The maximum atomic E-state index is 13.8. The summed E-state index contributed by atoms with van der Waals surface area (Å²) in [5, 5.41) is 19.1. The number of nitrogens with one attached hydrogen (secondary N) is 3. The summed E-state index contributed by atoms with van der Waals surface area (Å²) >= 11 is 2.88. The van der Waals surface area contributed by atoms with Gasteiger partial charge in [0.15, 0.2) is 0 Å². The molecule has 57 heavy (non-hydrogen) atoms.